The summed E-state index contributed by atoms with van der Waals surface area (Å²) in [5, 5.41) is 8.95. The Balaban J connectivity index is 2.55. The number of hydrogen-bond donors (Lipinski definition) is 2. The Morgan fingerprint density at radius 3 is 2.25 bits per heavy atom. The van der Waals surface area contributed by atoms with E-state index >= 15 is 0 Å². The van der Waals surface area contributed by atoms with E-state index in [9.17, 15) is 8.42 Å². The van der Waals surface area contributed by atoms with Crippen molar-refractivity contribution in [2.45, 2.75) is 31.7 Å². The lowest BCUT2D eigenvalue weighted by Gasteiger charge is -2.16. The molecule has 0 aromatic heterocycles. The highest BCUT2D eigenvalue weighted by molar-refractivity contribution is 7.88. The van der Waals surface area contributed by atoms with E-state index in [1.165, 1.54) is 0 Å². The van der Waals surface area contributed by atoms with Crippen LogP contribution in [-0.2, 0) is 22.4 Å². The molecular weight excluding hydrogens is 276 g/mol. The molecular formula is C14H24N2O3S. The van der Waals surface area contributed by atoms with Crippen molar-refractivity contribution < 1.29 is 13.5 Å². The maximum atomic E-state index is 12.0. The quantitative estimate of drug-likeness (QED) is 0.749. The third-order valence-electron chi connectivity index (χ3n) is 2.95. The largest absolute Gasteiger partial charge is 0.392 e. The van der Waals surface area contributed by atoms with E-state index in [0.717, 1.165) is 24.1 Å². The fraction of sp³-hybridized carbons (Fsp3) is 0.571. The SMILES string of the molecule is CC(CCN(C)C)NS(=O)(=O)Cc1ccc(CO)cc1. The number of nitrogens with zero attached hydrogens (tertiary/aromatic N) is 1. The second-order valence-electron chi connectivity index (χ2n) is 5.34. The van der Waals surface area contributed by atoms with Crippen LogP contribution in [0.4, 0.5) is 0 Å². The first-order valence-electron chi connectivity index (χ1n) is 6.66. The van der Waals surface area contributed by atoms with Crippen LogP contribution in [0.2, 0.25) is 0 Å². The third kappa shape index (κ3) is 6.47. The fourth-order valence-corrected chi connectivity index (χ4v) is 3.26. The Kier molecular flexibility index (Phi) is 6.61. The number of hydrogen-bond acceptors (Lipinski definition) is 4. The molecule has 0 heterocycles. The smallest absolute Gasteiger partial charge is 0.216 e. The molecule has 0 saturated carbocycles. The summed E-state index contributed by atoms with van der Waals surface area (Å²) in [6, 6.07) is 6.85. The molecule has 0 amide bonds. The van der Waals surface area contributed by atoms with Gasteiger partial charge >= 0.3 is 0 Å². The molecule has 20 heavy (non-hydrogen) atoms. The summed E-state index contributed by atoms with van der Waals surface area (Å²) < 4.78 is 26.8. The van der Waals surface area contributed by atoms with E-state index in [1.54, 1.807) is 24.3 Å². The molecule has 0 aliphatic heterocycles. The zero-order valence-corrected chi connectivity index (χ0v) is 13.2. The van der Waals surface area contributed by atoms with Crippen LogP contribution in [0.3, 0.4) is 0 Å². The first-order valence-corrected chi connectivity index (χ1v) is 8.31. The Bertz CT molecular complexity index is 498. The molecule has 0 fully saturated rings. The third-order valence-corrected chi connectivity index (χ3v) is 4.43. The van der Waals surface area contributed by atoms with Crippen molar-refractivity contribution in [3.05, 3.63) is 35.4 Å². The second kappa shape index (κ2) is 7.73. The van der Waals surface area contributed by atoms with Crippen molar-refractivity contribution in [1.82, 2.24) is 9.62 Å². The summed E-state index contributed by atoms with van der Waals surface area (Å²) in [7, 11) is 0.592. The van der Waals surface area contributed by atoms with Gasteiger partial charge in [-0.15, -0.1) is 0 Å². The van der Waals surface area contributed by atoms with Crippen molar-refractivity contribution in [2.24, 2.45) is 0 Å². The molecule has 0 aliphatic carbocycles. The Labute approximate surface area is 121 Å². The molecule has 0 aliphatic rings. The molecule has 2 N–H and O–H groups in total. The lowest BCUT2D eigenvalue weighted by Crippen LogP contribution is -2.35. The van der Waals surface area contributed by atoms with Gasteiger partial charge in [0.1, 0.15) is 0 Å². The molecule has 1 atom stereocenters. The van der Waals surface area contributed by atoms with E-state index in [-0.39, 0.29) is 18.4 Å². The van der Waals surface area contributed by atoms with Gasteiger partial charge < -0.3 is 10.0 Å². The summed E-state index contributed by atoms with van der Waals surface area (Å²) in [6.45, 7) is 2.68. The molecule has 1 unspecified atom stereocenters. The van der Waals surface area contributed by atoms with Gasteiger partial charge in [0.15, 0.2) is 0 Å². The van der Waals surface area contributed by atoms with Gasteiger partial charge in [-0.05, 0) is 45.1 Å². The lowest BCUT2D eigenvalue weighted by molar-refractivity contribution is 0.282. The minimum atomic E-state index is -3.33. The molecule has 114 valence electrons. The minimum absolute atomic E-state index is 0.0349. The van der Waals surface area contributed by atoms with Crippen LogP contribution in [-0.4, -0.2) is 45.1 Å². The van der Waals surface area contributed by atoms with Gasteiger partial charge in [0.05, 0.1) is 12.4 Å². The zero-order chi connectivity index (χ0) is 15.2. The van der Waals surface area contributed by atoms with E-state index < -0.39 is 10.0 Å². The molecule has 1 rings (SSSR count). The number of aliphatic hydroxyl groups is 1. The summed E-state index contributed by atoms with van der Waals surface area (Å²) in [5.41, 5.74) is 1.49. The maximum absolute atomic E-state index is 12.0. The fourth-order valence-electron chi connectivity index (χ4n) is 1.82. The molecule has 0 radical (unpaired) electrons. The Morgan fingerprint density at radius 1 is 1.20 bits per heavy atom. The molecule has 0 saturated heterocycles. The Hall–Kier alpha value is -0.950. The lowest BCUT2D eigenvalue weighted by atomic mass is 10.2. The summed E-state index contributed by atoms with van der Waals surface area (Å²) in [5.74, 6) is -0.0367. The number of benzene rings is 1. The molecule has 1 aromatic carbocycles. The van der Waals surface area contributed by atoms with Crippen molar-refractivity contribution in [3.8, 4) is 0 Å². The number of nitrogens with one attached hydrogen (secondary N) is 1. The number of aliphatic hydroxyl groups excluding tert-OH is 1. The summed E-state index contributed by atoms with van der Waals surface area (Å²) in [4.78, 5) is 2.03. The maximum Gasteiger partial charge on any atom is 0.216 e. The topological polar surface area (TPSA) is 69.6 Å². The van der Waals surface area contributed by atoms with Crippen LogP contribution in [0.1, 0.15) is 24.5 Å². The van der Waals surface area contributed by atoms with Gasteiger partial charge in [0, 0.05) is 6.04 Å². The minimum Gasteiger partial charge on any atom is -0.392 e. The van der Waals surface area contributed by atoms with E-state index in [0.29, 0.717) is 0 Å². The van der Waals surface area contributed by atoms with Crippen LogP contribution in [0.25, 0.3) is 0 Å². The zero-order valence-electron chi connectivity index (χ0n) is 12.3. The van der Waals surface area contributed by atoms with Gasteiger partial charge in [-0.3, -0.25) is 0 Å². The average molecular weight is 300 g/mol. The van der Waals surface area contributed by atoms with Crippen LogP contribution < -0.4 is 4.72 Å². The van der Waals surface area contributed by atoms with Crippen molar-refractivity contribution in [1.29, 1.82) is 0 Å². The standard InChI is InChI=1S/C14H24N2O3S/c1-12(8-9-16(2)3)15-20(18,19)11-14-6-4-13(10-17)5-7-14/h4-7,12,15,17H,8-11H2,1-3H3. The van der Waals surface area contributed by atoms with Gasteiger partial charge in [-0.25, -0.2) is 13.1 Å². The summed E-state index contributed by atoms with van der Waals surface area (Å²) >= 11 is 0. The van der Waals surface area contributed by atoms with E-state index in [2.05, 4.69) is 4.72 Å². The van der Waals surface area contributed by atoms with Gasteiger partial charge in [0.2, 0.25) is 10.0 Å². The van der Waals surface area contributed by atoms with Crippen molar-refractivity contribution in [3.63, 3.8) is 0 Å². The van der Waals surface area contributed by atoms with Crippen LogP contribution in [0.15, 0.2) is 24.3 Å². The number of sulfonamides is 1. The molecule has 0 bridgehead atoms. The normalized spacial score (nSPS) is 13.7. The van der Waals surface area contributed by atoms with E-state index in [1.807, 2.05) is 25.9 Å². The first-order chi connectivity index (χ1) is 9.32. The van der Waals surface area contributed by atoms with Crippen LogP contribution in [0, 0.1) is 0 Å². The molecule has 5 nitrogen and oxygen atoms in total. The second-order valence-corrected chi connectivity index (χ2v) is 7.10. The van der Waals surface area contributed by atoms with Gasteiger partial charge in [0.25, 0.3) is 0 Å². The van der Waals surface area contributed by atoms with Crippen molar-refractivity contribution in [2.75, 3.05) is 20.6 Å². The van der Waals surface area contributed by atoms with Gasteiger partial charge in [-0.2, -0.15) is 0 Å². The number of rotatable bonds is 8. The molecule has 1 aromatic rings. The molecule has 6 heteroatoms. The highest BCUT2D eigenvalue weighted by atomic mass is 32.2. The predicted molar refractivity (Wildman–Crippen MR) is 80.8 cm³/mol. The summed E-state index contributed by atoms with van der Waals surface area (Å²) in [6.07, 6.45) is 0.773. The first kappa shape index (κ1) is 17.1. The van der Waals surface area contributed by atoms with E-state index in [4.69, 9.17) is 5.11 Å². The Morgan fingerprint density at radius 2 is 1.75 bits per heavy atom. The molecule has 0 spiro atoms. The van der Waals surface area contributed by atoms with Crippen LogP contribution >= 0.6 is 0 Å². The highest BCUT2D eigenvalue weighted by Crippen LogP contribution is 2.08. The van der Waals surface area contributed by atoms with Crippen LogP contribution in [0.5, 0.6) is 0 Å². The van der Waals surface area contributed by atoms with Crippen molar-refractivity contribution >= 4 is 10.0 Å². The van der Waals surface area contributed by atoms with Gasteiger partial charge in [-0.1, -0.05) is 24.3 Å². The average Bonchev–Trinajstić information content (AvgIpc) is 2.36. The highest BCUT2D eigenvalue weighted by Gasteiger charge is 2.15. The monoisotopic (exact) mass is 300 g/mol. The predicted octanol–water partition coefficient (Wildman–Crippen LogP) is 0.938.